The summed E-state index contributed by atoms with van der Waals surface area (Å²) in [6, 6.07) is 15.9. The lowest BCUT2D eigenvalue weighted by Crippen LogP contribution is -2.49. The Labute approximate surface area is 203 Å². The molecule has 0 radical (unpaired) electrons. The first-order valence-corrected chi connectivity index (χ1v) is 11.9. The summed E-state index contributed by atoms with van der Waals surface area (Å²) in [5.41, 5.74) is 2.12. The van der Waals surface area contributed by atoms with Crippen molar-refractivity contribution in [1.29, 1.82) is 0 Å². The second kappa shape index (κ2) is 9.77. The molecular weight excluding hydrogens is 449 g/mol. The van der Waals surface area contributed by atoms with E-state index in [0.717, 1.165) is 11.4 Å². The van der Waals surface area contributed by atoms with Gasteiger partial charge in [0, 0.05) is 50.9 Å². The van der Waals surface area contributed by atoms with Crippen LogP contribution in [0.1, 0.15) is 33.5 Å². The summed E-state index contributed by atoms with van der Waals surface area (Å²) < 4.78 is 21.4. The zero-order valence-electron chi connectivity index (χ0n) is 19.7. The Kier molecular flexibility index (Phi) is 6.39. The summed E-state index contributed by atoms with van der Waals surface area (Å²) in [5.74, 6) is 0.0785. The van der Waals surface area contributed by atoms with Crippen LogP contribution in [-0.2, 0) is 13.1 Å². The van der Waals surface area contributed by atoms with Crippen LogP contribution in [-0.4, -0.2) is 70.7 Å². The minimum Gasteiger partial charge on any atom is -0.492 e. The Hall–Kier alpha value is -3.88. The van der Waals surface area contributed by atoms with E-state index in [1.54, 1.807) is 38.7 Å². The van der Waals surface area contributed by atoms with Crippen molar-refractivity contribution >= 4 is 17.5 Å². The first-order valence-electron chi connectivity index (χ1n) is 11.9. The Balaban J connectivity index is 1.25. The maximum absolute atomic E-state index is 14.1. The average molecular weight is 478 g/mol. The van der Waals surface area contributed by atoms with Crippen molar-refractivity contribution < 1.29 is 18.7 Å². The molecule has 1 saturated heterocycles. The predicted molar refractivity (Wildman–Crippen MR) is 129 cm³/mol. The third kappa shape index (κ3) is 4.58. The number of hydrogen-bond acceptors (Lipinski definition) is 5. The van der Waals surface area contributed by atoms with E-state index in [-0.39, 0.29) is 29.9 Å². The first-order chi connectivity index (χ1) is 17.0. The van der Waals surface area contributed by atoms with Gasteiger partial charge in [-0.2, -0.15) is 5.10 Å². The van der Waals surface area contributed by atoms with Crippen molar-refractivity contribution in [3.8, 4) is 5.75 Å². The molecule has 0 bridgehead atoms. The van der Waals surface area contributed by atoms with Crippen molar-refractivity contribution in [2.45, 2.75) is 20.0 Å². The molecular formula is C26H28FN5O3. The molecule has 0 spiro atoms. The van der Waals surface area contributed by atoms with Gasteiger partial charge < -0.3 is 19.4 Å². The zero-order chi connectivity index (χ0) is 24.4. The lowest BCUT2D eigenvalue weighted by molar-refractivity contribution is 0.0678. The lowest BCUT2D eigenvalue weighted by atomic mass is 10.1. The molecule has 2 aliphatic heterocycles. The van der Waals surface area contributed by atoms with Crippen LogP contribution in [0.2, 0.25) is 0 Å². The summed E-state index contributed by atoms with van der Waals surface area (Å²) in [4.78, 5) is 31.8. The smallest absolute Gasteiger partial charge is 0.274 e. The SMILES string of the molecule is CCOc1ccccc1N1CCN(C(=O)c2cc3n(n2)CCN(Cc2ccccc2F)C3=O)CC1. The number of halogens is 1. The molecule has 3 aromatic rings. The Morgan fingerprint density at radius 1 is 1.00 bits per heavy atom. The third-order valence-corrected chi connectivity index (χ3v) is 6.48. The van der Waals surface area contributed by atoms with E-state index in [9.17, 15) is 14.0 Å². The molecule has 0 N–H and O–H groups in total. The Bertz CT molecular complexity index is 1240. The van der Waals surface area contributed by atoms with Crippen LogP contribution in [0.3, 0.4) is 0 Å². The van der Waals surface area contributed by atoms with Crippen molar-refractivity contribution in [2.75, 3.05) is 44.2 Å². The molecule has 3 heterocycles. The van der Waals surface area contributed by atoms with E-state index in [4.69, 9.17) is 4.74 Å². The van der Waals surface area contributed by atoms with Gasteiger partial charge in [0.05, 0.1) is 18.8 Å². The topological polar surface area (TPSA) is 70.9 Å². The number of hydrogen-bond donors (Lipinski definition) is 0. The number of carbonyl (C=O) groups is 2. The van der Waals surface area contributed by atoms with Gasteiger partial charge in [0.15, 0.2) is 5.69 Å². The number of carbonyl (C=O) groups excluding carboxylic acids is 2. The first kappa shape index (κ1) is 22.9. The average Bonchev–Trinajstić information content (AvgIpc) is 3.33. The number of nitrogens with zero attached hydrogens (tertiary/aromatic N) is 5. The second-order valence-electron chi connectivity index (χ2n) is 8.64. The number of para-hydroxylation sites is 2. The molecule has 2 aromatic carbocycles. The normalized spacial score (nSPS) is 15.8. The molecule has 2 amide bonds. The van der Waals surface area contributed by atoms with Crippen LogP contribution < -0.4 is 9.64 Å². The van der Waals surface area contributed by atoms with Crippen LogP contribution in [0, 0.1) is 5.82 Å². The van der Waals surface area contributed by atoms with Crippen molar-refractivity contribution in [3.63, 3.8) is 0 Å². The van der Waals surface area contributed by atoms with Gasteiger partial charge in [0.2, 0.25) is 0 Å². The van der Waals surface area contributed by atoms with E-state index in [0.29, 0.717) is 57.1 Å². The Morgan fingerprint density at radius 3 is 2.51 bits per heavy atom. The fourth-order valence-corrected chi connectivity index (χ4v) is 4.63. The molecule has 1 aromatic heterocycles. The van der Waals surface area contributed by atoms with Gasteiger partial charge in [-0.05, 0) is 25.1 Å². The maximum Gasteiger partial charge on any atom is 0.274 e. The summed E-state index contributed by atoms with van der Waals surface area (Å²) in [7, 11) is 0. The highest BCUT2D eigenvalue weighted by Crippen LogP contribution is 2.29. The lowest BCUT2D eigenvalue weighted by Gasteiger charge is -2.36. The van der Waals surface area contributed by atoms with Crippen molar-refractivity contribution in [2.24, 2.45) is 0 Å². The van der Waals surface area contributed by atoms with Gasteiger partial charge in [-0.3, -0.25) is 14.3 Å². The van der Waals surface area contributed by atoms with Gasteiger partial charge in [-0.15, -0.1) is 0 Å². The van der Waals surface area contributed by atoms with Gasteiger partial charge in [0.25, 0.3) is 11.8 Å². The van der Waals surface area contributed by atoms with Gasteiger partial charge in [0.1, 0.15) is 17.3 Å². The number of ether oxygens (including phenoxy) is 1. The number of fused-ring (bicyclic) bond motifs is 1. The van der Waals surface area contributed by atoms with Crippen LogP contribution >= 0.6 is 0 Å². The molecule has 5 rings (SSSR count). The standard InChI is InChI=1S/C26H28FN5O3/c1-2-35-24-10-6-5-9-22(24)29-11-13-30(14-12-29)25(33)21-17-23-26(34)31(15-16-32(23)28-21)18-19-7-3-4-8-20(19)27/h3-10,17H,2,11-16,18H2,1H3. The minimum atomic E-state index is -0.335. The molecule has 0 aliphatic carbocycles. The van der Waals surface area contributed by atoms with E-state index in [1.807, 2.05) is 31.2 Å². The summed E-state index contributed by atoms with van der Waals surface area (Å²) >= 11 is 0. The van der Waals surface area contributed by atoms with Crippen LogP contribution in [0.4, 0.5) is 10.1 Å². The number of amides is 2. The van der Waals surface area contributed by atoms with E-state index in [1.165, 1.54) is 6.07 Å². The number of piperazine rings is 1. The molecule has 182 valence electrons. The summed E-state index contributed by atoms with van der Waals surface area (Å²) in [6.45, 7) is 6.07. The third-order valence-electron chi connectivity index (χ3n) is 6.48. The number of aromatic nitrogens is 2. The van der Waals surface area contributed by atoms with E-state index in [2.05, 4.69) is 10.00 Å². The van der Waals surface area contributed by atoms with Crippen LogP contribution in [0.5, 0.6) is 5.75 Å². The molecule has 35 heavy (non-hydrogen) atoms. The summed E-state index contributed by atoms with van der Waals surface area (Å²) in [6.07, 6.45) is 0. The molecule has 0 saturated carbocycles. The minimum absolute atomic E-state index is 0.182. The van der Waals surface area contributed by atoms with Crippen molar-refractivity contribution in [3.05, 3.63) is 77.4 Å². The van der Waals surface area contributed by atoms with Crippen molar-refractivity contribution in [1.82, 2.24) is 19.6 Å². The molecule has 1 fully saturated rings. The Morgan fingerprint density at radius 2 is 1.74 bits per heavy atom. The molecule has 0 atom stereocenters. The predicted octanol–water partition coefficient (Wildman–Crippen LogP) is 3.04. The number of rotatable bonds is 6. The molecule has 2 aliphatic rings. The van der Waals surface area contributed by atoms with E-state index >= 15 is 0 Å². The number of benzene rings is 2. The largest absolute Gasteiger partial charge is 0.492 e. The fraction of sp³-hybridized carbons (Fsp3) is 0.346. The highest BCUT2D eigenvalue weighted by molar-refractivity contribution is 5.98. The molecule has 0 unspecified atom stereocenters. The van der Waals surface area contributed by atoms with Crippen LogP contribution in [0.25, 0.3) is 0 Å². The quantitative estimate of drug-likeness (QED) is 0.546. The van der Waals surface area contributed by atoms with Gasteiger partial charge >= 0.3 is 0 Å². The highest BCUT2D eigenvalue weighted by atomic mass is 19.1. The zero-order valence-corrected chi connectivity index (χ0v) is 19.7. The van der Waals surface area contributed by atoms with Gasteiger partial charge in [-0.1, -0.05) is 30.3 Å². The van der Waals surface area contributed by atoms with Crippen LogP contribution in [0.15, 0.2) is 54.6 Å². The monoisotopic (exact) mass is 477 g/mol. The van der Waals surface area contributed by atoms with Gasteiger partial charge in [-0.25, -0.2) is 4.39 Å². The molecule has 9 heteroatoms. The fourth-order valence-electron chi connectivity index (χ4n) is 4.63. The molecule has 8 nitrogen and oxygen atoms in total. The number of anilines is 1. The second-order valence-corrected chi connectivity index (χ2v) is 8.64. The summed E-state index contributed by atoms with van der Waals surface area (Å²) in [5, 5.41) is 4.42. The highest BCUT2D eigenvalue weighted by Gasteiger charge is 2.31. The van der Waals surface area contributed by atoms with E-state index < -0.39 is 0 Å². The maximum atomic E-state index is 14.1.